The first-order chi connectivity index (χ1) is 6.93. The van der Waals surface area contributed by atoms with Crippen molar-refractivity contribution in [3.8, 4) is 0 Å². The van der Waals surface area contributed by atoms with Crippen molar-refractivity contribution in [2.24, 2.45) is 0 Å². The Labute approximate surface area is 85.9 Å². The van der Waals surface area contributed by atoms with Gasteiger partial charge in [0.2, 0.25) is 0 Å². The second-order valence-electron chi connectivity index (χ2n) is 3.34. The molecule has 0 aliphatic carbocycles. The molecule has 88 valence electrons. The minimum absolute atomic E-state index is 0.294. The predicted octanol–water partition coefficient (Wildman–Crippen LogP) is -2.65. The molecule has 1 saturated heterocycles. The molecule has 7 heteroatoms. The van der Waals surface area contributed by atoms with Gasteiger partial charge in [-0.1, -0.05) is 0 Å². The van der Waals surface area contributed by atoms with Crippen molar-refractivity contribution in [1.29, 1.82) is 0 Å². The van der Waals surface area contributed by atoms with Crippen LogP contribution in [0.3, 0.4) is 0 Å². The van der Waals surface area contributed by atoms with Crippen molar-refractivity contribution in [3.05, 3.63) is 0 Å². The van der Waals surface area contributed by atoms with Crippen molar-refractivity contribution < 1.29 is 34.7 Å². The summed E-state index contributed by atoms with van der Waals surface area (Å²) in [6, 6.07) is 0. The van der Waals surface area contributed by atoms with Crippen LogP contribution in [0.25, 0.3) is 0 Å². The SMILES string of the molecule is CC(=O)OCC1O[C@@H](O)C(O)C(O)[C@@H]1O. The first-order valence-electron chi connectivity index (χ1n) is 4.44. The molecule has 0 spiro atoms. The van der Waals surface area contributed by atoms with Gasteiger partial charge in [-0.2, -0.15) is 0 Å². The molecule has 1 fully saturated rings. The molecule has 1 heterocycles. The summed E-state index contributed by atoms with van der Waals surface area (Å²) in [6.45, 7) is 0.883. The van der Waals surface area contributed by atoms with Crippen LogP contribution in [0.2, 0.25) is 0 Å². The number of aliphatic hydroxyl groups is 4. The fraction of sp³-hybridized carbons (Fsp3) is 0.875. The van der Waals surface area contributed by atoms with E-state index >= 15 is 0 Å². The maximum Gasteiger partial charge on any atom is 0.302 e. The van der Waals surface area contributed by atoms with Crippen LogP contribution in [-0.2, 0) is 14.3 Å². The molecule has 5 atom stereocenters. The number of carbonyl (C=O) groups is 1. The Bertz CT molecular complexity index is 231. The molecule has 1 aliphatic heterocycles. The Balaban J connectivity index is 2.54. The van der Waals surface area contributed by atoms with E-state index in [0.29, 0.717) is 0 Å². The summed E-state index contributed by atoms with van der Waals surface area (Å²) in [5.41, 5.74) is 0. The fourth-order valence-corrected chi connectivity index (χ4v) is 1.27. The molecule has 0 aromatic rings. The lowest BCUT2D eigenvalue weighted by Gasteiger charge is -2.37. The highest BCUT2D eigenvalue weighted by Crippen LogP contribution is 2.19. The van der Waals surface area contributed by atoms with E-state index in [4.69, 9.17) is 14.9 Å². The van der Waals surface area contributed by atoms with Gasteiger partial charge < -0.3 is 29.9 Å². The minimum atomic E-state index is -1.61. The summed E-state index contributed by atoms with van der Waals surface area (Å²) >= 11 is 0. The lowest BCUT2D eigenvalue weighted by molar-refractivity contribution is -0.287. The molecule has 3 unspecified atom stereocenters. The van der Waals surface area contributed by atoms with Crippen LogP contribution in [0.1, 0.15) is 6.92 Å². The molecular weight excluding hydrogens is 208 g/mol. The van der Waals surface area contributed by atoms with E-state index < -0.39 is 36.7 Å². The van der Waals surface area contributed by atoms with Crippen LogP contribution in [0.4, 0.5) is 0 Å². The normalized spacial score (nSPS) is 41.3. The van der Waals surface area contributed by atoms with Gasteiger partial charge in [0.05, 0.1) is 0 Å². The first kappa shape index (κ1) is 12.3. The molecule has 15 heavy (non-hydrogen) atoms. The Hall–Kier alpha value is -0.730. The van der Waals surface area contributed by atoms with E-state index in [9.17, 15) is 15.0 Å². The van der Waals surface area contributed by atoms with Gasteiger partial charge in [0.15, 0.2) is 6.29 Å². The van der Waals surface area contributed by atoms with Crippen LogP contribution >= 0.6 is 0 Å². The Morgan fingerprint density at radius 2 is 1.80 bits per heavy atom. The monoisotopic (exact) mass is 222 g/mol. The van der Waals surface area contributed by atoms with Crippen LogP contribution in [0.15, 0.2) is 0 Å². The largest absolute Gasteiger partial charge is 0.463 e. The second kappa shape index (κ2) is 4.86. The van der Waals surface area contributed by atoms with Gasteiger partial charge in [-0.15, -0.1) is 0 Å². The molecule has 4 N–H and O–H groups in total. The van der Waals surface area contributed by atoms with Crippen LogP contribution in [0, 0.1) is 0 Å². The molecule has 0 bridgehead atoms. The second-order valence-corrected chi connectivity index (χ2v) is 3.34. The van der Waals surface area contributed by atoms with Gasteiger partial charge >= 0.3 is 5.97 Å². The number of hydrogen-bond donors (Lipinski definition) is 4. The average Bonchev–Trinajstić information content (AvgIpc) is 2.18. The van der Waals surface area contributed by atoms with Crippen molar-refractivity contribution >= 4 is 5.97 Å². The maximum absolute atomic E-state index is 10.5. The summed E-state index contributed by atoms with van der Waals surface area (Å²) in [6.07, 6.45) is -7.18. The number of rotatable bonds is 2. The first-order valence-corrected chi connectivity index (χ1v) is 4.44. The van der Waals surface area contributed by atoms with E-state index in [1.165, 1.54) is 6.92 Å². The minimum Gasteiger partial charge on any atom is -0.463 e. The number of ether oxygens (including phenoxy) is 2. The molecule has 0 aromatic heterocycles. The maximum atomic E-state index is 10.5. The molecule has 0 amide bonds. The zero-order valence-corrected chi connectivity index (χ0v) is 8.11. The predicted molar refractivity (Wildman–Crippen MR) is 45.5 cm³/mol. The van der Waals surface area contributed by atoms with E-state index in [-0.39, 0.29) is 6.61 Å². The van der Waals surface area contributed by atoms with E-state index in [0.717, 1.165) is 0 Å². The van der Waals surface area contributed by atoms with Gasteiger partial charge in [0.1, 0.15) is 31.0 Å². The highest BCUT2D eigenvalue weighted by Gasteiger charge is 2.43. The van der Waals surface area contributed by atoms with Gasteiger partial charge in [-0.25, -0.2) is 0 Å². The Kier molecular flexibility index (Phi) is 4.00. The molecule has 0 aromatic carbocycles. The zero-order chi connectivity index (χ0) is 11.6. The fourth-order valence-electron chi connectivity index (χ4n) is 1.27. The van der Waals surface area contributed by atoms with Crippen molar-refractivity contribution in [3.63, 3.8) is 0 Å². The Morgan fingerprint density at radius 1 is 1.20 bits per heavy atom. The summed E-state index contributed by atoms with van der Waals surface area (Å²) in [5.74, 6) is -0.569. The van der Waals surface area contributed by atoms with Crippen molar-refractivity contribution in [2.75, 3.05) is 6.61 Å². The lowest BCUT2D eigenvalue weighted by atomic mass is 9.99. The molecule has 0 radical (unpaired) electrons. The third kappa shape index (κ3) is 2.86. The number of hydrogen-bond acceptors (Lipinski definition) is 7. The number of aliphatic hydroxyl groups excluding tert-OH is 4. The highest BCUT2D eigenvalue weighted by atomic mass is 16.6. The van der Waals surface area contributed by atoms with Crippen molar-refractivity contribution in [1.82, 2.24) is 0 Å². The summed E-state index contributed by atoms with van der Waals surface area (Å²) < 4.78 is 9.31. The van der Waals surface area contributed by atoms with E-state index in [2.05, 4.69) is 4.74 Å². The third-order valence-corrected chi connectivity index (χ3v) is 2.14. The smallest absolute Gasteiger partial charge is 0.302 e. The standard InChI is InChI=1S/C8H14O7/c1-3(9)14-2-4-5(10)6(11)7(12)8(13)15-4/h4-8,10-13H,2H2,1H3/t4?,5-,6?,7?,8-/m1/s1. The molecular formula is C8H14O7. The van der Waals surface area contributed by atoms with Crippen LogP contribution < -0.4 is 0 Å². The van der Waals surface area contributed by atoms with Crippen LogP contribution in [0.5, 0.6) is 0 Å². The summed E-state index contributed by atoms with van der Waals surface area (Å²) in [4.78, 5) is 10.5. The average molecular weight is 222 g/mol. The lowest BCUT2D eigenvalue weighted by Crippen LogP contribution is -2.58. The van der Waals surface area contributed by atoms with Crippen LogP contribution in [-0.4, -0.2) is 63.7 Å². The number of esters is 1. The van der Waals surface area contributed by atoms with E-state index in [1.54, 1.807) is 0 Å². The molecule has 0 saturated carbocycles. The van der Waals surface area contributed by atoms with Gasteiger partial charge in [-0.3, -0.25) is 4.79 Å². The van der Waals surface area contributed by atoms with E-state index in [1.807, 2.05) is 0 Å². The molecule has 1 rings (SSSR count). The topological polar surface area (TPSA) is 116 Å². The summed E-state index contributed by atoms with van der Waals surface area (Å²) in [7, 11) is 0. The quantitative estimate of drug-likeness (QED) is 0.377. The van der Waals surface area contributed by atoms with Crippen molar-refractivity contribution in [2.45, 2.75) is 37.6 Å². The summed E-state index contributed by atoms with van der Waals surface area (Å²) in [5, 5.41) is 36.9. The highest BCUT2D eigenvalue weighted by molar-refractivity contribution is 5.65. The zero-order valence-electron chi connectivity index (χ0n) is 8.11. The van der Waals surface area contributed by atoms with Gasteiger partial charge in [0.25, 0.3) is 0 Å². The van der Waals surface area contributed by atoms with Gasteiger partial charge in [-0.05, 0) is 0 Å². The van der Waals surface area contributed by atoms with Gasteiger partial charge in [0, 0.05) is 6.92 Å². The molecule has 1 aliphatic rings. The number of carbonyl (C=O) groups excluding carboxylic acids is 1. The molecule has 7 nitrogen and oxygen atoms in total. The Morgan fingerprint density at radius 3 is 2.33 bits per heavy atom. The third-order valence-electron chi connectivity index (χ3n) is 2.14.